The van der Waals surface area contributed by atoms with Gasteiger partial charge < -0.3 is 30.6 Å². The van der Waals surface area contributed by atoms with E-state index in [4.69, 9.17) is 19.9 Å². The standard InChI is InChI=1S/C31H45N3O7/c1-8-9-14-23(40-30(32)38)15-12-19-33-28(36)27(31(4,5)6)34-26(35)16-11-10-13-21(2)20-22(3)24-17-18-25(39-7)29(37)41-24/h8-13,16,18-20,22-24,27H,14-15,17H2,1-7H3,(H2,32,38)(H,33,36)(H,34,35)/b9-8-,13-10-,16-11-,19-12-,21-20+/t22-,23?,24-,27+/m0/s1. The molecule has 3 amide bonds. The van der Waals surface area contributed by atoms with Crippen molar-refractivity contribution in [2.24, 2.45) is 17.1 Å². The van der Waals surface area contributed by atoms with Crippen LogP contribution in [0.15, 0.2) is 72.2 Å². The summed E-state index contributed by atoms with van der Waals surface area (Å²) in [6.45, 7) is 11.3. The Morgan fingerprint density at radius 3 is 2.41 bits per heavy atom. The highest BCUT2D eigenvalue weighted by Gasteiger charge is 2.32. The lowest BCUT2D eigenvalue weighted by Crippen LogP contribution is -2.52. The molecule has 4 atom stereocenters. The molecule has 0 saturated carbocycles. The van der Waals surface area contributed by atoms with Crippen molar-refractivity contribution in [3.63, 3.8) is 0 Å². The first-order valence-corrected chi connectivity index (χ1v) is 13.6. The highest BCUT2D eigenvalue weighted by Crippen LogP contribution is 2.23. The van der Waals surface area contributed by atoms with Crippen molar-refractivity contribution in [1.29, 1.82) is 0 Å². The molecule has 0 saturated heterocycles. The van der Waals surface area contributed by atoms with Crippen LogP contribution in [0.1, 0.15) is 60.8 Å². The van der Waals surface area contributed by atoms with Gasteiger partial charge in [-0.3, -0.25) is 9.59 Å². The van der Waals surface area contributed by atoms with Gasteiger partial charge in [0.25, 0.3) is 0 Å². The molecule has 0 aromatic carbocycles. The molecule has 0 spiro atoms. The summed E-state index contributed by atoms with van der Waals surface area (Å²) in [7, 11) is 1.44. The van der Waals surface area contributed by atoms with Crippen LogP contribution in [-0.4, -0.2) is 49.2 Å². The molecule has 1 rings (SSSR count). The van der Waals surface area contributed by atoms with Crippen LogP contribution in [0.3, 0.4) is 0 Å². The van der Waals surface area contributed by atoms with E-state index in [0.29, 0.717) is 19.3 Å². The third-order valence-corrected chi connectivity index (χ3v) is 6.12. The quantitative estimate of drug-likeness (QED) is 0.120. The van der Waals surface area contributed by atoms with Gasteiger partial charge in [-0.25, -0.2) is 9.59 Å². The summed E-state index contributed by atoms with van der Waals surface area (Å²) in [5, 5.41) is 5.44. The Kier molecular flexibility index (Phi) is 15.0. The molecule has 0 aromatic heterocycles. The van der Waals surface area contributed by atoms with Crippen molar-refractivity contribution >= 4 is 23.9 Å². The van der Waals surface area contributed by atoms with Gasteiger partial charge in [-0.2, -0.15) is 0 Å². The molecule has 0 aliphatic carbocycles. The van der Waals surface area contributed by atoms with E-state index in [9.17, 15) is 19.2 Å². The Morgan fingerprint density at radius 2 is 1.83 bits per heavy atom. The number of rotatable bonds is 14. The number of nitrogens with one attached hydrogen (secondary N) is 2. The lowest BCUT2D eigenvalue weighted by molar-refractivity contribution is -0.151. The van der Waals surface area contributed by atoms with Gasteiger partial charge in [0.2, 0.25) is 11.8 Å². The minimum absolute atomic E-state index is 0.0135. The molecule has 0 bridgehead atoms. The molecule has 1 heterocycles. The normalized spacial score (nSPS) is 18.7. The third-order valence-electron chi connectivity index (χ3n) is 6.12. The largest absolute Gasteiger partial charge is 0.490 e. The maximum absolute atomic E-state index is 12.8. The molecular weight excluding hydrogens is 526 g/mol. The molecule has 41 heavy (non-hydrogen) atoms. The molecule has 10 heteroatoms. The number of ether oxygens (including phenoxy) is 3. The third kappa shape index (κ3) is 13.7. The van der Waals surface area contributed by atoms with Crippen LogP contribution < -0.4 is 16.4 Å². The zero-order valence-corrected chi connectivity index (χ0v) is 25.1. The predicted octanol–water partition coefficient (Wildman–Crippen LogP) is 4.51. The van der Waals surface area contributed by atoms with Crippen molar-refractivity contribution < 1.29 is 33.4 Å². The fourth-order valence-electron chi connectivity index (χ4n) is 3.92. The average Bonchev–Trinajstić information content (AvgIpc) is 2.89. The van der Waals surface area contributed by atoms with Gasteiger partial charge in [0.05, 0.1) is 7.11 Å². The fraction of sp³-hybridized carbons (Fsp3) is 0.484. The first-order chi connectivity index (χ1) is 19.3. The number of nitrogens with two attached hydrogens (primary N) is 1. The molecule has 0 radical (unpaired) electrons. The number of cyclic esters (lactones) is 1. The predicted molar refractivity (Wildman–Crippen MR) is 158 cm³/mol. The van der Waals surface area contributed by atoms with Crippen molar-refractivity contribution in [1.82, 2.24) is 10.6 Å². The number of allylic oxidation sites excluding steroid dienone is 5. The highest BCUT2D eigenvalue weighted by atomic mass is 16.6. The molecule has 1 aliphatic heterocycles. The van der Waals surface area contributed by atoms with E-state index in [2.05, 4.69) is 10.6 Å². The number of carbonyl (C=O) groups excluding carboxylic acids is 4. The fourth-order valence-corrected chi connectivity index (χ4v) is 3.92. The van der Waals surface area contributed by atoms with Crippen molar-refractivity contribution in [2.45, 2.75) is 79.1 Å². The molecule has 0 fully saturated rings. The summed E-state index contributed by atoms with van der Waals surface area (Å²) >= 11 is 0. The van der Waals surface area contributed by atoms with Gasteiger partial charge in [0, 0.05) is 31.3 Å². The second-order valence-corrected chi connectivity index (χ2v) is 10.8. The van der Waals surface area contributed by atoms with Gasteiger partial charge in [-0.1, -0.05) is 75.8 Å². The van der Waals surface area contributed by atoms with Gasteiger partial charge >= 0.3 is 12.1 Å². The second kappa shape index (κ2) is 17.6. The monoisotopic (exact) mass is 571 g/mol. The first-order valence-electron chi connectivity index (χ1n) is 13.6. The van der Waals surface area contributed by atoms with Crippen LogP contribution in [0.5, 0.6) is 0 Å². The summed E-state index contributed by atoms with van der Waals surface area (Å²) in [6, 6.07) is -0.803. The van der Waals surface area contributed by atoms with Crippen LogP contribution in [0.2, 0.25) is 0 Å². The Balaban J connectivity index is 2.69. The summed E-state index contributed by atoms with van der Waals surface area (Å²) in [6.07, 6.45) is 16.9. The number of hydrogen-bond acceptors (Lipinski definition) is 7. The summed E-state index contributed by atoms with van der Waals surface area (Å²) in [4.78, 5) is 48.4. The molecular formula is C31H45N3O7. The van der Waals surface area contributed by atoms with E-state index in [1.165, 1.54) is 19.4 Å². The molecule has 1 unspecified atom stereocenters. The van der Waals surface area contributed by atoms with Crippen molar-refractivity contribution in [3.05, 3.63) is 72.2 Å². The Morgan fingerprint density at radius 1 is 1.17 bits per heavy atom. The number of amides is 3. The minimum atomic E-state index is -0.859. The Hall–Kier alpha value is -4.08. The zero-order chi connectivity index (χ0) is 31.0. The van der Waals surface area contributed by atoms with E-state index < -0.39 is 35.5 Å². The van der Waals surface area contributed by atoms with Crippen LogP contribution in [-0.2, 0) is 28.6 Å². The van der Waals surface area contributed by atoms with Crippen LogP contribution in [0.4, 0.5) is 4.79 Å². The lowest BCUT2D eigenvalue weighted by atomic mass is 9.86. The topological polar surface area (TPSA) is 146 Å². The number of carbonyl (C=O) groups is 4. The second-order valence-electron chi connectivity index (χ2n) is 10.8. The van der Waals surface area contributed by atoms with Gasteiger partial charge in [-0.15, -0.1) is 0 Å². The van der Waals surface area contributed by atoms with Crippen molar-refractivity contribution in [3.8, 4) is 0 Å². The zero-order valence-electron chi connectivity index (χ0n) is 25.1. The summed E-state index contributed by atoms with van der Waals surface area (Å²) in [5.41, 5.74) is 5.50. The average molecular weight is 572 g/mol. The molecule has 1 aliphatic rings. The lowest BCUT2D eigenvalue weighted by Gasteiger charge is -2.29. The number of hydrogen-bond donors (Lipinski definition) is 3. The van der Waals surface area contributed by atoms with Gasteiger partial charge in [-0.05, 0) is 31.5 Å². The minimum Gasteiger partial charge on any atom is -0.490 e. The Bertz CT molecular complexity index is 1090. The highest BCUT2D eigenvalue weighted by molar-refractivity contribution is 5.93. The van der Waals surface area contributed by atoms with Crippen LogP contribution >= 0.6 is 0 Å². The molecule has 10 nitrogen and oxygen atoms in total. The van der Waals surface area contributed by atoms with E-state index in [-0.39, 0.29) is 23.7 Å². The smallest absolute Gasteiger partial charge is 0.404 e. The van der Waals surface area contributed by atoms with E-state index in [1.54, 1.807) is 24.3 Å². The maximum Gasteiger partial charge on any atom is 0.404 e. The van der Waals surface area contributed by atoms with Crippen LogP contribution in [0, 0.1) is 11.3 Å². The number of esters is 1. The van der Waals surface area contributed by atoms with E-state index in [1.807, 2.05) is 65.8 Å². The summed E-state index contributed by atoms with van der Waals surface area (Å²) < 4.78 is 15.5. The van der Waals surface area contributed by atoms with Gasteiger partial charge in [0.15, 0.2) is 5.76 Å². The van der Waals surface area contributed by atoms with E-state index >= 15 is 0 Å². The van der Waals surface area contributed by atoms with Crippen LogP contribution in [0.25, 0.3) is 0 Å². The molecule has 0 aromatic rings. The first kappa shape index (κ1) is 34.9. The maximum atomic E-state index is 12.8. The number of primary amides is 1. The Labute approximate surface area is 243 Å². The summed E-state index contributed by atoms with van der Waals surface area (Å²) in [5.74, 6) is -1.05. The van der Waals surface area contributed by atoms with Gasteiger partial charge in [0.1, 0.15) is 18.2 Å². The molecule has 4 N–H and O–H groups in total. The SMILES string of the molecule is C/C=C\CC(C/C=C\NC(=O)[C@@H](NC(=O)\C=C/C=C\C(C)=C\[C@H](C)[C@@H]1CC=C(OC)C(=O)O1)C(C)(C)C)OC(N)=O. The van der Waals surface area contributed by atoms with E-state index in [0.717, 1.165) is 5.57 Å². The number of methoxy groups -OCH3 is 1. The molecule has 226 valence electrons. The van der Waals surface area contributed by atoms with Crippen molar-refractivity contribution in [2.75, 3.05) is 7.11 Å².